The Labute approximate surface area is 152 Å². The van der Waals surface area contributed by atoms with Crippen molar-refractivity contribution in [3.8, 4) is 11.3 Å². The molecule has 0 spiro atoms. The van der Waals surface area contributed by atoms with Gasteiger partial charge in [0.1, 0.15) is 17.2 Å². The average molecular weight is 351 g/mol. The highest BCUT2D eigenvalue weighted by molar-refractivity contribution is 6.20. The molecule has 3 N–H and O–H groups in total. The number of nitrogens with zero attached hydrogens (tertiary/aromatic N) is 5. The minimum atomic E-state index is -0.204. The molecule has 1 unspecified atom stereocenters. The van der Waals surface area contributed by atoms with Crippen LogP contribution < -0.4 is 15.9 Å². The van der Waals surface area contributed by atoms with Crippen LogP contribution in [0.15, 0.2) is 24.5 Å². The molecule has 3 heterocycles. The number of nitrogen functional groups attached to an aromatic ring is 1. The Morgan fingerprint density at radius 2 is 2.12 bits per heavy atom. The van der Waals surface area contributed by atoms with E-state index < -0.39 is 0 Å². The summed E-state index contributed by atoms with van der Waals surface area (Å²) in [5.41, 5.74) is 10.1. The van der Waals surface area contributed by atoms with Crippen LogP contribution in [0.25, 0.3) is 22.3 Å². The number of aromatic nitrogens is 4. The minimum Gasteiger partial charge on any atom is -0.408 e. The predicted octanol–water partition coefficient (Wildman–Crippen LogP) is 0.794. The first kappa shape index (κ1) is 17.7. The Morgan fingerprint density at radius 1 is 1.38 bits per heavy atom. The number of fused-ring (bicyclic) bond motifs is 1. The van der Waals surface area contributed by atoms with E-state index in [0.29, 0.717) is 17.3 Å². The van der Waals surface area contributed by atoms with Gasteiger partial charge in [-0.3, -0.25) is 9.78 Å². The molecule has 0 aliphatic rings. The van der Waals surface area contributed by atoms with Crippen LogP contribution in [0.3, 0.4) is 0 Å². The van der Waals surface area contributed by atoms with Crippen LogP contribution in [0, 0.1) is 0 Å². The molecule has 0 aromatic carbocycles. The standard InChI is InChI=1S/C17H22BN7O/c1-9(21-10(2)26)11-6-5-7-12(22-11)13-15-14(20-8-24(15)3)17(25(4)18)23-16(13)19/h5-9H,18H2,1-4H3,(H2,19,23)(H,21,26). The van der Waals surface area contributed by atoms with Crippen LogP contribution in [0.2, 0.25) is 0 Å². The molecular formula is C17H22BN7O. The van der Waals surface area contributed by atoms with Gasteiger partial charge in [0.05, 0.1) is 34.8 Å². The summed E-state index contributed by atoms with van der Waals surface area (Å²) >= 11 is 0. The zero-order valence-electron chi connectivity index (χ0n) is 15.6. The molecule has 0 saturated heterocycles. The number of nitrogens with one attached hydrogen (secondary N) is 1. The zero-order chi connectivity index (χ0) is 19.0. The highest BCUT2D eigenvalue weighted by atomic mass is 16.1. The van der Waals surface area contributed by atoms with Gasteiger partial charge in [-0.2, -0.15) is 0 Å². The zero-order valence-corrected chi connectivity index (χ0v) is 15.6. The molecule has 1 amide bonds. The summed E-state index contributed by atoms with van der Waals surface area (Å²) in [5.74, 6) is 1.00. The molecule has 8 nitrogen and oxygen atoms in total. The quantitative estimate of drug-likeness (QED) is 0.674. The van der Waals surface area contributed by atoms with E-state index in [-0.39, 0.29) is 11.9 Å². The van der Waals surface area contributed by atoms with Gasteiger partial charge in [0, 0.05) is 14.0 Å². The average Bonchev–Trinajstić information content (AvgIpc) is 2.95. The fourth-order valence-corrected chi connectivity index (χ4v) is 3.01. The van der Waals surface area contributed by atoms with E-state index in [0.717, 1.165) is 22.3 Å². The van der Waals surface area contributed by atoms with Crippen molar-refractivity contribution in [2.24, 2.45) is 7.05 Å². The third-order valence-electron chi connectivity index (χ3n) is 4.18. The number of rotatable bonds is 4. The fourth-order valence-electron chi connectivity index (χ4n) is 3.01. The summed E-state index contributed by atoms with van der Waals surface area (Å²) in [4.78, 5) is 27.0. The molecule has 0 aliphatic carbocycles. The number of pyridine rings is 2. The number of hydrogen-bond donors (Lipinski definition) is 2. The Morgan fingerprint density at radius 3 is 2.77 bits per heavy atom. The largest absolute Gasteiger partial charge is 0.408 e. The number of nitrogens with two attached hydrogens (primary N) is 1. The Bertz CT molecular complexity index is 983. The van der Waals surface area contributed by atoms with Crippen molar-refractivity contribution >= 4 is 36.6 Å². The second kappa shape index (κ2) is 6.66. The van der Waals surface area contributed by atoms with Gasteiger partial charge in [0.2, 0.25) is 13.9 Å². The van der Waals surface area contributed by atoms with Gasteiger partial charge in [0.15, 0.2) is 0 Å². The number of carbonyl (C=O) groups excluding carboxylic acids is 1. The van der Waals surface area contributed by atoms with E-state index in [4.69, 9.17) is 10.7 Å². The molecule has 9 heteroatoms. The van der Waals surface area contributed by atoms with E-state index in [1.807, 2.05) is 56.6 Å². The second-order valence-electron chi connectivity index (χ2n) is 6.51. The third kappa shape index (κ3) is 3.07. The first-order valence-electron chi connectivity index (χ1n) is 8.31. The van der Waals surface area contributed by atoms with Crippen molar-refractivity contribution in [1.29, 1.82) is 0 Å². The molecule has 0 fully saturated rings. The molecule has 134 valence electrons. The van der Waals surface area contributed by atoms with Gasteiger partial charge >= 0.3 is 0 Å². The maximum Gasteiger partial charge on any atom is 0.219 e. The molecular weight excluding hydrogens is 329 g/mol. The van der Waals surface area contributed by atoms with Crippen molar-refractivity contribution in [2.45, 2.75) is 19.9 Å². The molecule has 0 bridgehead atoms. The van der Waals surface area contributed by atoms with Crippen LogP contribution in [0.4, 0.5) is 11.6 Å². The SMILES string of the molecule is BN(C)c1nc(N)c(-c2cccc(C(C)NC(C)=O)n2)c2c1ncn2C. The first-order valence-corrected chi connectivity index (χ1v) is 8.31. The topological polar surface area (TPSA) is 102 Å². The molecule has 0 saturated carbocycles. The van der Waals surface area contributed by atoms with Crippen molar-refractivity contribution in [3.05, 3.63) is 30.2 Å². The lowest BCUT2D eigenvalue weighted by Gasteiger charge is -2.17. The summed E-state index contributed by atoms with van der Waals surface area (Å²) in [5, 5.41) is 2.85. The summed E-state index contributed by atoms with van der Waals surface area (Å²) in [6.45, 7) is 3.38. The molecule has 3 aromatic rings. The van der Waals surface area contributed by atoms with E-state index in [1.54, 1.807) is 6.33 Å². The lowest BCUT2D eigenvalue weighted by molar-refractivity contribution is -0.119. The van der Waals surface area contributed by atoms with E-state index >= 15 is 0 Å². The molecule has 0 radical (unpaired) electrons. The monoisotopic (exact) mass is 351 g/mol. The van der Waals surface area contributed by atoms with Gasteiger partial charge < -0.3 is 20.4 Å². The molecule has 0 aliphatic heterocycles. The van der Waals surface area contributed by atoms with Gasteiger partial charge in [-0.25, -0.2) is 9.97 Å². The molecule has 3 aromatic heterocycles. The van der Waals surface area contributed by atoms with Crippen LogP contribution in [0.1, 0.15) is 25.6 Å². The Hall–Kier alpha value is -3.10. The Kier molecular flexibility index (Phi) is 4.54. The number of aryl methyl sites for hydroxylation is 1. The fraction of sp³-hybridized carbons (Fsp3) is 0.294. The third-order valence-corrected chi connectivity index (χ3v) is 4.18. The van der Waals surface area contributed by atoms with Crippen molar-refractivity contribution in [2.75, 3.05) is 17.6 Å². The predicted molar refractivity (Wildman–Crippen MR) is 105 cm³/mol. The maximum atomic E-state index is 11.3. The molecule has 1 atom stereocenters. The van der Waals surface area contributed by atoms with Crippen molar-refractivity contribution in [3.63, 3.8) is 0 Å². The summed E-state index contributed by atoms with van der Waals surface area (Å²) in [6, 6.07) is 5.46. The number of carbonyl (C=O) groups is 1. The van der Waals surface area contributed by atoms with Crippen LogP contribution in [0.5, 0.6) is 0 Å². The van der Waals surface area contributed by atoms with Crippen molar-refractivity contribution < 1.29 is 4.79 Å². The Balaban J connectivity index is 2.20. The van der Waals surface area contributed by atoms with E-state index in [1.165, 1.54) is 6.92 Å². The number of imidazole rings is 1. The van der Waals surface area contributed by atoms with E-state index in [2.05, 4.69) is 15.3 Å². The van der Waals surface area contributed by atoms with E-state index in [9.17, 15) is 4.79 Å². The highest BCUT2D eigenvalue weighted by Crippen LogP contribution is 2.35. The number of amides is 1. The molecule has 3 rings (SSSR count). The highest BCUT2D eigenvalue weighted by Gasteiger charge is 2.20. The van der Waals surface area contributed by atoms with Gasteiger partial charge in [-0.1, -0.05) is 6.07 Å². The summed E-state index contributed by atoms with van der Waals surface area (Å²) < 4.78 is 1.92. The summed E-state index contributed by atoms with van der Waals surface area (Å²) in [7, 11) is 5.73. The smallest absolute Gasteiger partial charge is 0.219 e. The van der Waals surface area contributed by atoms with Crippen molar-refractivity contribution in [1.82, 2.24) is 24.8 Å². The van der Waals surface area contributed by atoms with Crippen LogP contribution in [-0.4, -0.2) is 40.5 Å². The second-order valence-corrected chi connectivity index (χ2v) is 6.51. The van der Waals surface area contributed by atoms with Crippen LogP contribution >= 0.6 is 0 Å². The van der Waals surface area contributed by atoms with Gasteiger partial charge in [-0.15, -0.1) is 0 Å². The van der Waals surface area contributed by atoms with Gasteiger partial charge in [-0.05, 0) is 26.1 Å². The molecule has 26 heavy (non-hydrogen) atoms. The minimum absolute atomic E-state index is 0.102. The normalized spacial score (nSPS) is 12.2. The van der Waals surface area contributed by atoms with Gasteiger partial charge in [0.25, 0.3) is 0 Å². The first-order chi connectivity index (χ1) is 12.3. The number of anilines is 2. The lowest BCUT2D eigenvalue weighted by atomic mass is 10.1. The number of hydrogen-bond acceptors (Lipinski definition) is 6. The van der Waals surface area contributed by atoms with Crippen LogP contribution in [-0.2, 0) is 11.8 Å². The maximum absolute atomic E-state index is 11.3. The lowest BCUT2D eigenvalue weighted by Crippen LogP contribution is -2.24. The summed E-state index contributed by atoms with van der Waals surface area (Å²) in [6.07, 6.45) is 1.74.